The van der Waals surface area contributed by atoms with Gasteiger partial charge in [-0.2, -0.15) is 0 Å². The van der Waals surface area contributed by atoms with E-state index in [1.54, 1.807) is 18.4 Å². The third kappa shape index (κ3) is 8.04. The van der Waals surface area contributed by atoms with Gasteiger partial charge < -0.3 is 15.4 Å². The van der Waals surface area contributed by atoms with Crippen molar-refractivity contribution in [3.63, 3.8) is 0 Å². The van der Waals surface area contributed by atoms with Gasteiger partial charge in [0.1, 0.15) is 11.4 Å². The van der Waals surface area contributed by atoms with E-state index < -0.39 is 0 Å². The zero-order valence-corrected chi connectivity index (χ0v) is 20.2. The molecule has 5 nitrogen and oxygen atoms in total. The van der Waals surface area contributed by atoms with Crippen LogP contribution in [0.5, 0.6) is 5.75 Å². The van der Waals surface area contributed by atoms with E-state index in [-0.39, 0.29) is 29.6 Å². The lowest BCUT2D eigenvalue weighted by Gasteiger charge is -2.24. The highest BCUT2D eigenvalue weighted by Crippen LogP contribution is 2.24. The highest BCUT2D eigenvalue weighted by atomic mass is 127. The summed E-state index contributed by atoms with van der Waals surface area (Å²) in [6, 6.07) is 6.29. The standard InChI is InChI=1S/C20H30N4OS.HI/c1-7-18-24-16(13-26-18)12-23-19(21-6)22-11-15-9-8-14(2)10-17(15)25-20(3,4)5;/h8-10,13H,7,11-12H2,1-6H3,(H2,21,22,23);1H. The van der Waals surface area contributed by atoms with Crippen LogP contribution in [-0.2, 0) is 19.5 Å². The summed E-state index contributed by atoms with van der Waals surface area (Å²) < 4.78 is 6.12. The Bertz CT molecular complexity index is 753. The summed E-state index contributed by atoms with van der Waals surface area (Å²) in [4.78, 5) is 8.87. The van der Waals surface area contributed by atoms with Crippen molar-refractivity contribution < 1.29 is 4.74 Å². The fourth-order valence-electron chi connectivity index (χ4n) is 2.40. The number of nitrogens with one attached hydrogen (secondary N) is 2. The van der Waals surface area contributed by atoms with Crippen LogP contribution in [0.4, 0.5) is 0 Å². The molecule has 0 atom stereocenters. The lowest BCUT2D eigenvalue weighted by Crippen LogP contribution is -2.36. The number of nitrogens with zero attached hydrogens (tertiary/aromatic N) is 2. The quantitative estimate of drug-likeness (QED) is 0.343. The van der Waals surface area contributed by atoms with Crippen LogP contribution >= 0.6 is 35.3 Å². The molecule has 2 N–H and O–H groups in total. The van der Waals surface area contributed by atoms with Crippen molar-refractivity contribution in [3.05, 3.63) is 45.4 Å². The Morgan fingerprint density at radius 2 is 1.93 bits per heavy atom. The number of aromatic nitrogens is 1. The minimum atomic E-state index is -0.232. The molecule has 7 heteroatoms. The smallest absolute Gasteiger partial charge is 0.191 e. The van der Waals surface area contributed by atoms with Crippen molar-refractivity contribution >= 4 is 41.3 Å². The lowest BCUT2D eigenvalue weighted by molar-refractivity contribution is 0.129. The first-order valence-electron chi connectivity index (χ1n) is 8.97. The molecule has 0 saturated heterocycles. The summed E-state index contributed by atoms with van der Waals surface area (Å²) in [6.07, 6.45) is 0.974. The molecular formula is C20H31IN4OS. The van der Waals surface area contributed by atoms with Gasteiger partial charge in [-0.15, -0.1) is 35.3 Å². The molecule has 0 aliphatic carbocycles. The number of hydrogen-bond acceptors (Lipinski definition) is 4. The molecular weight excluding hydrogens is 471 g/mol. The summed E-state index contributed by atoms with van der Waals surface area (Å²) in [5.74, 6) is 1.66. The third-order valence-electron chi connectivity index (χ3n) is 3.65. The number of rotatable bonds is 6. The van der Waals surface area contributed by atoms with E-state index in [2.05, 4.69) is 78.8 Å². The molecule has 0 radical (unpaired) electrons. The summed E-state index contributed by atoms with van der Waals surface area (Å²) in [5, 5.41) is 9.92. The molecule has 27 heavy (non-hydrogen) atoms. The molecule has 2 aromatic rings. The maximum absolute atomic E-state index is 6.12. The first-order valence-corrected chi connectivity index (χ1v) is 9.85. The third-order valence-corrected chi connectivity index (χ3v) is 4.69. The normalized spacial score (nSPS) is 11.7. The molecule has 1 aromatic carbocycles. The van der Waals surface area contributed by atoms with Gasteiger partial charge in [0.05, 0.1) is 17.2 Å². The highest BCUT2D eigenvalue weighted by Gasteiger charge is 2.15. The number of hydrogen-bond donors (Lipinski definition) is 2. The van der Waals surface area contributed by atoms with Crippen LogP contribution in [0.2, 0.25) is 0 Å². The zero-order chi connectivity index (χ0) is 19.2. The van der Waals surface area contributed by atoms with Crippen LogP contribution in [0.15, 0.2) is 28.6 Å². The summed E-state index contributed by atoms with van der Waals surface area (Å²) >= 11 is 1.70. The van der Waals surface area contributed by atoms with E-state index in [0.29, 0.717) is 13.1 Å². The molecule has 2 rings (SSSR count). The predicted molar refractivity (Wildman–Crippen MR) is 126 cm³/mol. The molecule has 0 spiro atoms. The number of thiazole rings is 1. The molecule has 0 bridgehead atoms. The van der Waals surface area contributed by atoms with Crippen molar-refractivity contribution in [2.45, 2.75) is 59.7 Å². The van der Waals surface area contributed by atoms with Crippen molar-refractivity contribution in [1.29, 1.82) is 0 Å². The van der Waals surface area contributed by atoms with Crippen molar-refractivity contribution in [2.75, 3.05) is 7.05 Å². The maximum Gasteiger partial charge on any atom is 0.191 e. The second-order valence-electron chi connectivity index (χ2n) is 7.19. The van der Waals surface area contributed by atoms with Crippen LogP contribution in [0, 0.1) is 6.92 Å². The predicted octanol–water partition coefficient (Wildman–Crippen LogP) is 4.67. The Morgan fingerprint density at radius 3 is 2.52 bits per heavy atom. The molecule has 1 aromatic heterocycles. The van der Waals surface area contributed by atoms with E-state index in [9.17, 15) is 0 Å². The Balaban J connectivity index is 0.00000364. The van der Waals surface area contributed by atoms with Gasteiger partial charge in [0.25, 0.3) is 0 Å². The largest absolute Gasteiger partial charge is 0.488 e. The van der Waals surface area contributed by atoms with Gasteiger partial charge >= 0.3 is 0 Å². The van der Waals surface area contributed by atoms with E-state index in [0.717, 1.165) is 34.4 Å². The summed E-state index contributed by atoms with van der Waals surface area (Å²) in [5.41, 5.74) is 3.10. The van der Waals surface area contributed by atoms with E-state index in [1.165, 1.54) is 5.56 Å². The Labute approximate surface area is 184 Å². The number of halogens is 1. The van der Waals surface area contributed by atoms with E-state index in [1.807, 2.05) is 0 Å². The molecule has 0 saturated carbocycles. The van der Waals surface area contributed by atoms with Gasteiger partial charge in [-0.1, -0.05) is 19.1 Å². The summed E-state index contributed by atoms with van der Waals surface area (Å²) in [7, 11) is 1.77. The Morgan fingerprint density at radius 1 is 1.22 bits per heavy atom. The average Bonchev–Trinajstić information content (AvgIpc) is 3.03. The molecule has 150 valence electrons. The number of aryl methyl sites for hydroxylation is 2. The highest BCUT2D eigenvalue weighted by molar-refractivity contribution is 14.0. The number of ether oxygens (including phenoxy) is 1. The van der Waals surface area contributed by atoms with Gasteiger partial charge in [-0.3, -0.25) is 4.99 Å². The fourth-order valence-corrected chi connectivity index (χ4v) is 3.14. The average molecular weight is 502 g/mol. The van der Waals surface area contributed by atoms with Crippen molar-refractivity contribution in [1.82, 2.24) is 15.6 Å². The van der Waals surface area contributed by atoms with Crippen LogP contribution in [0.3, 0.4) is 0 Å². The zero-order valence-electron chi connectivity index (χ0n) is 17.0. The Hall–Kier alpha value is -1.35. The fraction of sp³-hybridized carbons (Fsp3) is 0.500. The molecule has 0 aliphatic heterocycles. The molecule has 0 fully saturated rings. The van der Waals surface area contributed by atoms with Gasteiger partial charge in [-0.25, -0.2) is 4.98 Å². The van der Waals surface area contributed by atoms with Crippen LogP contribution in [0.25, 0.3) is 0 Å². The molecule has 1 heterocycles. The Kier molecular flexibility index (Phi) is 9.52. The first-order chi connectivity index (χ1) is 12.3. The topological polar surface area (TPSA) is 58.5 Å². The summed E-state index contributed by atoms with van der Waals surface area (Å²) in [6.45, 7) is 11.7. The number of guanidine groups is 1. The van der Waals surface area contributed by atoms with Crippen LogP contribution in [-0.4, -0.2) is 23.6 Å². The lowest BCUT2D eigenvalue weighted by atomic mass is 10.1. The van der Waals surface area contributed by atoms with E-state index in [4.69, 9.17) is 4.74 Å². The molecule has 0 unspecified atom stereocenters. The van der Waals surface area contributed by atoms with Crippen molar-refractivity contribution in [2.24, 2.45) is 4.99 Å². The van der Waals surface area contributed by atoms with Gasteiger partial charge in [0.15, 0.2) is 5.96 Å². The second-order valence-corrected chi connectivity index (χ2v) is 8.13. The van der Waals surface area contributed by atoms with Crippen LogP contribution in [0.1, 0.15) is 49.5 Å². The molecule has 0 aliphatic rings. The van der Waals surface area contributed by atoms with Gasteiger partial charge in [0.2, 0.25) is 0 Å². The van der Waals surface area contributed by atoms with Crippen molar-refractivity contribution in [3.8, 4) is 5.75 Å². The minimum Gasteiger partial charge on any atom is -0.488 e. The van der Waals surface area contributed by atoms with Gasteiger partial charge in [0, 0.05) is 24.5 Å². The van der Waals surface area contributed by atoms with Gasteiger partial charge in [-0.05, 0) is 45.7 Å². The SMILES string of the molecule is CCc1nc(CNC(=NC)NCc2ccc(C)cc2OC(C)(C)C)cs1.I. The molecule has 0 amide bonds. The first kappa shape index (κ1) is 23.7. The van der Waals surface area contributed by atoms with E-state index >= 15 is 0 Å². The number of benzene rings is 1. The van der Waals surface area contributed by atoms with Crippen LogP contribution < -0.4 is 15.4 Å². The minimum absolute atomic E-state index is 0. The maximum atomic E-state index is 6.12. The monoisotopic (exact) mass is 502 g/mol. The number of aliphatic imine (C=N–C) groups is 1. The second kappa shape index (κ2) is 10.8.